The van der Waals surface area contributed by atoms with Gasteiger partial charge in [0.05, 0.1) is 5.69 Å². The molecule has 2 aromatic rings. The molecule has 3 rings (SSSR count). The number of aromatic nitrogens is 1. The van der Waals surface area contributed by atoms with Gasteiger partial charge in [-0.3, -0.25) is 4.98 Å². The maximum Gasteiger partial charge on any atom is 0.0705 e. The van der Waals surface area contributed by atoms with Gasteiger partial charge in [0.1, 0.15) is 0 Å². The third-order valence-electron chi connectivity index (χ3n) is 3.32. The summed E-state index contributed by atoms with van der Waals surface area (Å²) < 4.78 is 0. The maximum atomic E-state index is 5.89. The number of halogens is 1. The van der Waals surface area contributed by atoms with Gasteiger partial charge in [0, 0.05) is 16.3 Å². The zero-order valence-corrected chi connectivity index (χ0v) is 10.4. The normalized spacial score (nSPS) is 14.4. The van der Waals surface area contributed by atoms with Crippen molar-refractivity contribution < 1.29 is 0 Å². The van der Waals surface area contributed by atoms with E-state index in [9.17, 15) is 0 Å². The van der Waals surface area contributed by atoms with Crippen LogP contribution in [-0.4, -0.2) is 4.98 Å². The third-order valence-corrected chi connectivity index (χ3v) is 3.57. The zero-order chi connectivity index (χ0) is 11.7. The molecule has 1 aliphatic carbocycles. The van der Waals surface area contributed by atoms with Crippen LogP contribution in [0.1, 0.15) is 24.1 Å². The first-order valence-electron chi connectivity index (χ1n) is 6.08. The summed E-state index contributed by atoms with van der Waals surface area (Å²) in [4.78, 5) is 4.77. The summed E-state index contributed by atoms with van der Waals surface area (Å²) in [6.45, 7) is 0. The molecule has 0 unspecified atom stereocenters. The van der Waals surface area contributed by atoms with Gasteiger partial charge in [0.25, 0.3) is 0 Å². The predicted molar refractivity (Wildman–Crippen MR) is 71.3 cm³/mol. The highest BCUT2D eigenvalue weighted by Gasteiger charge is 2.11. The number of aryl methyl sites for hydroxylation is 2. The van der Waals surface area contributed by atoms with E-state index >= 15 is 0 Å². The van der Waals surface area contributed by atoms with Crippen LogP contribution in [0, 0.1) is 0 Å². The molecular formula is C15H14ClN. The summed E-state index contributed by atoms with van der Waals surface area (Å²) in [6.07, 6.45) is 4.87. The zero-order valence-electron chi connectivity index (χ0n) is 9.62. The molecule has 1 aliphatic rings. The van der Waals surface area contributed by atoms with E-state index in [-0.39, 0.29) is 0 Å². The van der Waals surface area contributed by atoms with Crippen LogP contribution in [0.2, 0.25) is 5.02 Å². The number of nitrogens with zero attached hydrogens (tertiary/aromatic N) is 1. The highest BCUT2D eigenvalue weighted by Crippen LogP contribution is 2.25. The molecule has 0 atom stereocenters. The lowest BCUT2D eigenvalue weighted by molar-refractivity contribution is 0.668. The van der Waals surface area contributed by atoms with Gasteiger partial charge in [-0.15, -0.1) is 0 Å². The molecule has 0 spiro atoms. The fourth-order valence-electron chi connectivity index (χ4n) is 2.36. The third kappa shape index (κ3) is 2.20. The number of rotatable bonds is 1. The van der Waals surface area contributed by atoms with Gasteiger partial charge >= 0.3 is 0 Å². The van der Waals surface area contributed by atoms with Crippen LogP contribution in [0.15, 0.2) is 36.4 Å². The molecule has 2 heteroatoms. The number of fused-ring (bicyclic) bond motifs is 1. The van der Waals surface area contributed by atoms with Crippen LogP contribution in [0.5, 0.6) is 0 Å². The van der Waals surface area contributed by atoms with E-state index < -0.39 is 0 Å². The Kier molecular flexibility index (Phi) is 2.86. The fraction of sp³-hybridized carbons (Fsp3) is 0.267. The first kappa shape index (κ1) is 10.8. The summed E-state index contributed by atoms with van der Waals surface area (Å²) in [6, 6.07) is 12.2. The number of pyridine rings is 1. The van der Waals surface area contributed by atoms with E-state index in [2.05, 4.69) is 12.1 Å². The Bertz CT molecular complexity index is 531. The Labute approximate surface area is 106 Å². The van der Waals surface area contributed by atoms with Gasteiger partial charge in [-0.05, 0) is 49.4 Å². The van der Waals surface area contributed by atoms with E-state index in [1.165, 1.54) is 30.5 Å². The maximum absolute atomic E-state index is 5.89. The fourth-order valence-corrected chi connectivity index (χ4v) is 2.49. The van der Waals surface area contributed by atoms with Crippen LogP contribution in [0.3, 0.4) is 0 Å². The van der Waals surface area contributed by atoms with E-state index in [0.717, 1.165) is 22.7 Å². The average Bonchev–Trinajstić information content (AvgIpc) is 2.39. The van der Waals surface area contributed by atoms with E-state index in [1.54, 1.807) is 0 Å². The van der Waals surface area contributed by atoms with Crippen LogP contribution in [-0.2, 0) is 12.8 Å². The minimum absolute atomic E-state index is 0.770. The van der Waals surface area contributed by atoms with Gasteiger partial charge in [0.15, 0.2) is 0 Å². The Morgan fingerprint density at radius 3 is 2.47 bits per heavy atom. The predicted octanol–water partition coefficient (Wildman–Crippen LogP) is 4.28. The summed E-state index contributed by atoms with van der Waals surface area (Å²) in [5, 5.41) is 0.770. The Balaban J connectivity index is 2.01. The number of hydrogen-bond acceptors (Lipinski definition) is 1. The summed E-state index contributed by atoms with van der Waals surface area (Å²) >= 11 is 5.89. The number of hydrogen-bond donors (Lipinski definition) is 0. The van der Waals surface area contributed by atoms with Crippen molar-refractivity contribution in [3.63, 3.8) is 0 Å². The monoisotopic (exact) mass is 243 g/mol. The first-order chi connectivity index (χ1) is 8.33. The Hall–Kier alpha value is -1.34. The van der Waals surface area contributed by atoms with E-state index in [1.807, 2.05) is 24.3 Å². The second-order valence-corrected chi connectivity index (χ2v) is 4.95. The average molecular weight is 244 g/mol. The minimum atomic E-state index is 0.770. The topological polar surface area (TPSA) is 12.9 Å². The largest absolute Gasteiger partial charge is 0.253 e. The summed E-state index contributed by atoms with van der Waals surface area (Å²) in [7, 11) is 0. The highest BCUT2D eigenvalue weighted by molar-refractivity contribution is 6.30. The lowest BCUT2D eigenvalue weighted by Crippen LogP contribution is -2.05. The Morgan fingerprint density at radius 2 is 1.65 bits per heavy atom. The summed E-state index contributed by atoms with van der Waals surface area (Å²) in [5.41, 5.74) is 4.91. The smallest absolute Gasteiger partial charge is 0.0705 e. The second-order valence-electron chi connectivity index (χ2n) is 4.52. The summed E-state index contributed by atoms with van der Waals surface area (Å²) in [5.74, 6) is 0. The quantitative estimate of drug-likeness (QED) is 0.729. The first-order valence-corrected chi connectivity index (χ1v) is 6.45. The molecule has 0 fully saturated rings. The van der Waals surface area contributed by atoms with Crippen molar-refractivity contribution in [2.75, 3.05) is 0 Å². The molecule has 0 aliphatic heterocycles. The lowest BCUT2D eigenvalue weighted by Gasteiger charge is -2.15. The van der Waals surface area contributed by atoms with Crippen LogP contribution in [0.4, 0.5) is 0 Å². The molecule has 1 aromatic carbocycles. The van der Waals surface area contributed by atoms with Gasteiger partial charge in [-0.2, -0.15) is 0 Å². The van der Waals surface area contributed by atoms with E-state index in [0.29, 0.717) is 0 Å². The molecule has 0 radical (unpaired) electrons. The molecule has 0 saturated heterocycles. The van der Waals surface area contributed by atoms with Crippen molar-refractivity contribution in [1.29, 1.82) is 0 Å². The van der Waals surface area contributed by atoms with Crippen molar-refractivity contribution in [3.8, 4) is 11.3 Å². The molecule has 1 aromatic heterocycles. The molecule has 86 valence electrons. The van der Waals surface area contributed by atoms with Gasteiger partial charge in [-0.25, -0.2) is 0 Å². The van der Waals surface area contributed by atoms with Crippen LogP contribution >= 0.6 is 11.6 Å². The van der Waals surface area contributed by atoms with Crippen molar-refractivity contribution in [2.45, 2.75) is 25.7 Å². The van der Waals surface area contributed by atoms with Crippen LogP contribution < -0.4 is 0 Å². The molecule has 17 heavy (non-hydrogen) atoms. The van der Waals surface area contributed by atoms with Crippen molar-refractivity contribution >= 4 is 11.6 Å². The molecule has 0 N–H and O–H groups in total. The lowest BCUT2D eigenvalue weighted by atomic mass is 9.95. The SMILES string of the molecule is Clc1ccc(-c2ccc3c(n2)CCCC3)cc1. The molecule has 0 bridgehead atoms. The van der Waals surface area contributed by atoms with Gasteiger partial charge in [0.2, 0.25) is 0 Å². The molecule has 0 saturated carbocycles. The molecule has 0 amide bonds. The minimum Gasteiger partial charge on any atom is -0.253 e. The van der Waals surface area contributed by atoms with Crippen LogP contribution in [0.25, 0.3) is 11.3 Å². The second kappa shape index (κ2) is 4.50. The number of benzene rings is 1. The molecule has 1 nitrogen and oxygen atoms in total. The molecule has 1 heterocycles. The highest BCUT2D eigenvalue weighted by atomic mass is 35.5. The Morgan fingerprint density at radius 1 is 0.882 bits per heavy atom. The van der Waals surface area contributed by atoms with Crippen molar-refractivity contribution in [3.05, 3.63) is 52.7 Å². The molecular weight excluding hydrogens is 230 g/mol. The van der Waals surface area contributed by atoms with Gasteiger partial charge in [-0.1, -0.05) is 29.8 Å². The van der Waals surface area contributed by atoms with E-state index in [4.69, 9.17) is 16.6 Å². The standard InChI is InChI=1S/C15H14ClN/c16-13-8-5-12(6-9-13)15-10-7-11-3-1-2-4-14(11)17-15/h5-10H,1-4H2. The van der Waals surface area contributed by atoms with Gasteiger partial charge < -0.3 is 0 Å². The van der Waals surface area contributed by atoms with Crippen molar-refractivity contribution in [2.24, 2.45) is 0 Å². The van der Waals surface area contributed by atoms with Crippen molar-refractivity contribution in [1.82, 2.24) is 4.98 Å².